The Balaban J connectivity index is 2.45. The number of phenolic OH excluding ortho intramolecular Hbond substituents is 1. The molecule has 0 saturated heterocycles. The Morgan fingerprint density at radius 3 is 2.67 bits per heavy atom. The van der Waals surface area contributed by atoms with Crippen LogP contribution < -0.4 is 0 Å². The first kappa shape index (κ1) is 15.2. The van der Waals surface area contributed by atoms with Crippen LogP contribution in [0, 0.1) is 24.0 Å². The van der Waals surface area contributed by atoms with Gasteiger partial charge < -0.3 is 5.11 Å². The molecule has 2 aromatic carbocycles. The SMILES string of the molecule is Cc1ccc(C)c(N=Cc2cc([N+](=O)[O-])cc(Br)c2O)c1. The molecule has 0 saturated carbocycles. The molecule has 1 N–H and O–H groups in total. The van der Waals surface area contributed by atoms with Crippen molar-refractivity contribution in [2.45, 2.75) is 13.8 Å². The van der Waals surface area contributed by atoms with E-state index in [4.69, 9.17) is 0 Å². The quantitative estimate of drug-likeness (QED) is 0.506. The average Bonchev–Trinajstić information content (AvgIpc) is 2.43. The monoisotopic (exact) mass is 348 g/mol. The second kappa shape index (κ2) is 6.05. The maximum atomic E-state index is 10.8. The maximum absolute atomic E-state index is 10.8. The summed E-state index contributed by atoms with van der Waals surface area (Å²) in [5, 5.41) is 20.8. The third-order valence-corrected chi connectivity index (χ3v) is 3.60. The molecule has 0 fully saturated rings. The number of aryl methyl sites for hydroxylation is 2. The Morgan fingerprint density at radius 2 is 2.00 bits per heavy atom. The van der Waals surface area contributed by atoms with E-state index in [9.17, 15) is 15.2 Å². The number of nitro benzene ring substituents is 1. The number of aromatic hydroxyl groups is 1. The van der Waals surface area contributed by atoms with Crippen LogP contribution in [0.15, 0.2) is 39.8 Å². The van der Waals surface area contributed by atoms with Crippen LogP contribution in [0.1, 0.15) is 16.7 Å². The van der Waals surface area contributed by atoms with Crippen LogP contribution in [0.5, 0.6) is 5.75 Å². The number of aliphatic imine (C=N–C) groups is 1. The van der Waals surface area contributed by atoms with Crippen LogP contribution in [0.2, 0.25) is 0 Å². The smallest absolute Gasteiger partial charge is 0.271 e. The van der Waals surface area contributed by atoms with Crippen molar-refractivity contribution in [3.63, 3.8) is 0 Å². The van der Waals surface area contributed by atoms with Crippen LogP contribution in [-0.4, -0.2) is 16.2 Å². The summed E-state index contributed by atoms with van der Waals surface area (Å²) in [5.74, 6) is -0.0744. The zero-order valence-electron chi connectivity index (χ0n) is 11.5. The number of hydrogen-bond acceptors (Lipinski definition) is 4. The normalized spacial score (nSPS) is 11.0. The molecule has 0 spiro atoms. The predicted octanol–water partition coefficient (Wildman–Crippen LogP) is 4.43. The lowest BCUT2D eigenvalue weighted by Gasteiger charge is -2.04. The molecule has 0 aromatic heterocycles. The largest absolute Gasteiger partial charge is 0.506 e. The molecule has 0 aliphatic rings. The highest BCUT2D eigenvalue weighted by Crippen LogP contribution is 2.32. The molecule has 0 radical (unpaired) electrons. The minimum Gasteiger partial charge on any atom is -0.506 e. The van der Waals surface area contributed by atoms with E-state index >= 15 is 0 Å². The number of rotatable bonds is 3. The second-order valence-electron chi connectivity index (χ2n) is 4.67. The predicted molar refractivity (Wildman–Crippen MR) is 85.6 cm³/mol. The Labute approximate surface area is 130 Å². The Bertz CT molecular complexity index is 742. The highest BCUT2D eigenvalue weighted by molar-refractivity contribution is 9.10. The van der Waals surface area contributed by atoms with E-state index in [2.05, 4.69) is 20.9 Å². The van der Waals surface area contributed by atoms with Gasteiger partial charge in [-0.25, -0.2) is 0 Å². The molecule has 6 heteroatoms. The summed E-state index contributed by atoms with van der Waals surface area (Å²) in [6.45, 7) is 3.88. The van der Waals surface area contributed by atoms with Crippen molar-refractivity contribution in [3.8, 4) is 5.75 Å². The summed E-state index contributed by atoms with van der Waals surface area (Å²) in [4.78, 5) is 14.6. The van der Waals surface area contributed by atoms with Gasteiger partial charge in [-0.1, -0.05) is 12.1 Å². The number of hydrogen-bond donors (Lipinski definition) is 1. The van der Waals surface area contributed by atoms with Gasteiger partial charge in [-0.05, 0) is 47.0 Å². The summed E-state index contributed by atoms with van der Waals surface area (Å²) in [6, 6.07) is 8.38. The summed E-state index contributed by atoms with van der Waals surface area (Å²) in [6.07, 6.45) is 1.43. The molecule has 0 unspecified atom stereocenters. The fraction of sp³-hybridized carbons (Fsp3) is 0.133. The zero-order valence-corrected chi connectivity index (χ0v) is 13.1. The molecule has 0 aliphatic heterocycles. The number of non-ortho nitro benzene ring substituents is 1. The van der Waals surface area contributed by atoms with Crippen molar-refractivity contribution >= 4 is 33.5 Å². The molecule has 0 aliphatic carbocycles. The lowest BCUT2D eigenvalue weighted by Crippen LogP contribution is -1.92. The summed E-state index contributed by atoms with van der Waals surface area (Å²) in [5.41, 5.74) is 2.99. The van der Waals surface area contributed by atoms with Crippen LogP contribution >= 0.6 is 15.9 Å². The second-order valence-corrected chi connectivity index (χ2v) is 5.53. The summed E-state index contributed by atoms with van der Waals surface area (Å²) in [7, 11) is 0. The molecule has 5 nitrogen and oxygen atoms in total. The van der Waals surface area contributed by atoms with Crippen LogP contribution in [0.3, 0.4) is 0 Å². The first-order valence-electron chi connectivity index (χ1n) is 6.16. The van der Waals surface area contributed by atoms with Crippen LogP contribution in [-0.2, 0) is 0 Å². The fourth-order valence-corrected chi connectivity index (χ4v) is 2.27. The van der Waals surface area contributed by atoms with Gasteiger partial charge in [0, 0.05) is 23.9 Å². The molecule has 0 atom stereocenters. The van der Waals surface area contributed by atoms with Gasteiger partial charge in [0.25, 0.3) is 5.69 Å². The van der Waals surface area contributed by atoms with Gasteiger partial charge in [0.1, 0.15) is 5.75 Å². The number of benzene rings is 2. The van der Waals surface area contributed by atoms with Crippen molar-refractivity contribution < 1.29 is 10.0 Å². The minimum atomic E-state index is -0.514. The molecule has 108 valence electrons. The van der Waals surface area contributed by atoms with Gasteiger partial charge in [-0.2, -0.15) is 0 Å². The van der Waals surface area contributed by atoms with Crippen LogP contribution in [0.25, 0.3) is 0 Å². The van der Waals surface area contributed by atoms with Crippen molar-refractivity contribution in [1.82, 2.24) is 0 Å². The van der Waals surface area contributed by atoms with Crippen molar-refractivity contribution in [2.75, 3.05) is 0 Å². The molecule has 2 aromatic rings. The zero-order chi connectivity index (χ0) is 15.6. The lowest BCUT2D eigenvalue weighted by atomic mass is 10.1. The summed E-state index contributed by atoms with van der Waals surface area (Å²) >= 11 is 3.10. The van der Waals surface area contributed by atoms with E-state index in [0.29, 0.717) is 0 Å². The molecule has 0 bridgehead atoms. The third kappa shape index (κ3) is 3.46. The molecular formula is C15H13BrN2O3. The van der Waals surface area contributed by atoms with Gasteiger partial charge in [0.05, 0.1) is 15.1 Å². The fourth-order valence-electron chi connectivity index (χ4n) is 1.81. The molecular weight excluding hydrogens is 336 g/mol. The molecule has 0 amide bonds. The van der Waals surface area contributed by atoms with E-state index in [1.165, 1.54) is 18.3 Å². The van der Waals surface area contributed by atoms with Crippen LogP contribution in [0.4, 0.5) is 11.4 Å². The van der Waals surface area contributed by atoms with Gasteiger partial charge in [-0.3, -0.25) is 15.1 Å². The highest BCUT2D eigenvalue weighted by Gasteiger charge is 2.13. The Kier molecular flexibility index (Phi) is 4.37. The highest BCUT2D eigenvalue weighted by atomic mass is 79.9. The number of nitrogens with zero attached hydrogens (tertiary/aromatic N) is 2. The number of halogens is 1. The van der Waals surface area contributed by atoms with Crippen molar-refractivity contribution in [3.05, 3.63) is 61.6 Å². The van der Waals surface area contributed by atoms with E-state index in [0.717, 1.165) is 16.8 Å². The topological polar surface area (TPSA) is 75.7 Å². The van der Waals surface area contributed by atoms with E-state index < -0.39 is 4.92 Å². The summed E-state index contributed by atoms with van der Waals surface area (Å²) < 4.78 is 0.263. The Morgan fingerprint density at radius 1 is 1.29 bits per heavy atom. The number of phenols is 1. The molecule has 21 heavy (non-hydrogen) atoms. The van der Waals surface area contributed by atoms with Crippen molar-refractivity contribution in [1.29, 1.82) is 0 Å². The molecule has 0 heterocycles. The lowest BCUT2D eigenvalue weighted by molar-refractivity contribution is -0.385. The third-order valence-electron chi connectivity index (χ3n) is 3.00. The van der Waals surface area contributed by atoms with E-state index in [1.54, 1.807) is 0 Å². The van der Waals surface area contributed by atoms with E-state index in [1.807, 2.05) is 32.0 Å². The standard InChI is InChI=1S/C15H13BrN2O3/c1-9-3-4-10(2)14(5-9)17-8-11-6-12(18(20)21)7-13(16)15(11)19/h3-8,19H,1-2H3. The van der Waals surface area contributed by atoms with E-state index in [-0.39, 0.29) is 21.5 Å². The molecule has 2 rings (SSSR count). The van der Waals surface area contributed by atoms with Gasteiger partial charge in [0.2, 0.25) is 0 Å². The number of nitro groups is 1. The van der Waals surface area contributed by atoms with Gasteiger partial charge in [0.15, 0.2) is 0 Å². The van der Waals surface area contributed by atoms with Gasteiger partial charge in [-0.15, -0.1) is 0 Å². The minimum absolute atomic E-state index is 0.0744. The maximum Gasteiger partial charge on any atom is 0.271 e. The van der Waals surface area contributed by atoms with Gasteiger partial charge >= 0.3 is 0 Å². The Hall–Kier alpha value is -2.21. The average molecular weight is 349 g/mol. The first-order valence-corrected chi connectivity index (χ1v) is 6.96. The first-order chi connectivity index (χ1) is 9.88. The van der Waals surface area contributed by atoms with Crippen molar-refractivity contribution in [2.24, 2.45) is 4.99 Å².